The van der Waals surface area contributed by atoms with Gasteiger partial charge in [-0.1, -0.05) is 76.2 Å². The minimum Gasteiger partial charge on any atom is -0.410 e. The summed E-state index contributed by atoms with van der Waals surface area (Å²) in [5.74, 6) is 0.731. The quantitative estimate of drug-likeness (QED) is 0.0354. The number of non-ortho nitro benzene ring substituents is 3. The van der Waals surface area contributed by atoms with Crippen molar-refractivity contribution in [2.75, 3.05) is 92.6 Å². The molecule has 0 aliphatic carbocycles. The van der Waals surface area contributed by atoms with Gasteiger partial charge in [-0.15, -0.1) is 11.6 Å². The van der Waals surface area contributed by atoms with Gasteiger partial charge in [-0.2, -0.15) is 0 Å². The lowest BCUT2D eigenvalue weighted by molar-refractivity contribution is -0.385. The first-order valence-corrected chi connectivity index (χ1v) is 33.3. The van der Waals surface area contributed by atoms with E-state index in [4.69, 9.17) is 85.2 Å². The topological polar surface area (TPSA) is 233 Å². The van der Waals surface area contributed by atoms with Crippen LogP contribution in [0.4, 0.5) is 33.2 Å². The van der Waals surface area contributed by atoms with Gasteiger partial charge in [0, 0.05) is 101 Å². The average molecular weight is 1420 g/mol. The van der Waals surface area contributed by atoms with Gasteiger partial charge in [0.1, 0.15) is 5.75 Å². The maximum atomic E-state index is 12.2. The van der Waals surface area contributed by atoms with Gasteiger partial charge in [0.25, 0.3) is 17.1 Å². The van der Waals surface area contributed by atoms with Crippen LogP contribution in [0.2, 0.25) is 25.1 Å². The minimum atomic E-state index is -0.537. The maximum absolute atomic E-state index is 12.2. The molecule has 512 valence electrons. The zero-order valence-corrected chi connectivity index (χ0v) is 60.0. The van der Waals surface area contributed by atoms with E-state index in [0.717, 1.165) is 122 Å². The molecule has 3 heterocycles. The van der Waals surface area contributed by atoms with Gasteiger partial charge in [0.2, 0.25) is 0 Å². The third-order valence-electron chi connectivity index (χ3n) is 17.4. The maximum Gasteiger partial charge on any atom is 0.417 e. The lowest BCUT2D eigenvalue weighted by atomic mass is 10.0. The number of carbonyl (C=O) groups is 1. The molecule has 6 aromatic carbocycles. The first kappa shape index (κ1) is 78.7. The second-order valence-corrected chi connectivity index (χ2v) is 26.8. The van der Waals surface area contributed by atoms with E-state index in [1.54, 1.807) is 38.1 Å². The fourth-order valence-electron chi connectivity index (χ4n) is 11.1. The van der Waals surface area contributed by atoms with E-state index in [9.17, 15) is 35.1 Å². The van der Waals surface area contributed by atoms with Crippen LogP contribution < -0.4 is 15.8 Å². The highest BCUT2D eigenvalue weighted by atomic mass is 35.5. The van der Waals surface area contributed by atoms with Crippen molar-refractivity contribution < 1.29 is 29.4 Å². The Balaban J connectivity index is 0.000000219. The second-order valence-electron chi connectivity index (χ2n) is 24.5. The number of nitro benzene ring substituents is 3. The number of piperidine rings is 3. The number of hydrogen-bond acceptors (Lipinski definition) is 16. The summed E-state index contributed by atoms with van der Waals surface area (Å²) in [5.41, 5.74) is 16.4. The first-order valence-electron chi connectivity index (χ1n) is 30.9. The van der Waals surface area contributed by atoms with Crippen molar-refractivity contribution in [2.45, 2.75) is 123 Å². The van der Waals surface area contributed by atoms with Crippen LogP contribution in [0.1, 0.15) is 94.2 Å². The summed E-state index contributed by atoms with van der Waals surface area (Å²) < 4.78 is 5.30. The van der Waals surface area contributed by atoms with Crippen LogP contribution in [0.25, 0.3) is 0 Å². The van der Waals surface area contributed by atoms with Crippen LogP contribution in [-0.4, -0.2) is 155 Å². The zero-order valence-electron chi connectivity index (χ0n) is 55.5. The van der Waals surface area contributed by atoms with Crippen LogP contribution in [0, 0.1) is 65.0 Å². The van der Waals surface area contributed by atoms with E-state index in [2.05, 4.69) is 90.0 Å². The number of carbonyl (C=O) groups excluding carboxylic acids is 1. The number of nitrogens with zero attached hydrogens (tertiary/aromatic N) is 9. The molecule has 0 unspecified atom stereocenters. The summed E-state index contributed by atoms with van der Waals surface area (Å²) in [4.78, 5) is 56.8. The molecule has 1 amide bonds. The summed E-state index contributed by atoms with van der Waals surface area (Å²) in [6.07, 6.45) is 6.56. The van der Waals surface area contributed by atoms with E-state index < -0.39 is 15.9 Å². The number of para-hydroxylation sites is 1. The Morgan fingerprint density at radius 2 is 0.830 bits per heavy atom. The van der Waals surface area contributed by atoms with Crippen molar-refractivity contribution >= 4 is 104 Å². The third-order valence-corrected chi connectivity index (χ3v) is 19.7. The molecule has 0 saturated carbocycles. The predicted molar refractivity (Wildman–Crippen MR) is 383 cm³/mol. The number of amides is 1. The van der Waals surface area contributed by atoms with Crippen LogP contribution >= 0.6 is 69.6 Å². The SMILES string of the molecule is Cc1c(Cl)cc(N)cc1CN1CCC(N(C)C)CC1.Cc1c(Cl)cc(NC(=O)Oc2ccccc2)cc1CN1CCC(N(C)C)CC1.Cc1c(Cl)cc([N+](=O)[O-])cc1CCl.Cc1c(Cl)cc([N+](=O)[O-])cc1CN1CCC(N(C)C)CC1.Cc1c(Cl)cc([N+](=O)[O-])cc1CO. The number of nitrogen functional groups attached to an aromatic ring is 1. The second kappa shape index (κ2) is 38.1. The number of halogens is 6. The normalized spacial score (nSPS) is 15.0. The van der Waals surface area contributed by atoms with Crippen molar-refractivity contribution in [1.82, 2.24) is 29.4 Å². The third kappa shape index (κ3) is 24.3. The fraction of sp³-hybridized carbons (Fsp3) is 0.456. The number of nitrogens with two attached hydrogens (primary N) is 1. The average Bonchev–Trinajstić information content (AvgIpc) is 0.900. The van der Waals surface area contributed by atoms with Crippen molar-refractivity contribution in [3.05, 3.63) is 202 Å². The van der Waals surface area contributed by atoms with Crippen molar-refractivity contribution in [3.8, 4) is 5.75 Å². The Kier molecular flexibility index (Phi) is 31.9. The van der Waals surface area contributed by atoms with Crippen LogP contribution in [0.3, 0.4) is 0 Å². The lowest BCUT2D eigenvalue weighted by Gasteiger charge is -2.35. The highest BCUT2D eigenvalue weighted by Gasteiger charge is 2.25. The van der Waals surface area contributed by atoms with Gasteiger partial charge in [0.05, 0.1) is 36.4 Å². The first-order chi connectivity index (χ1) is 44.4. The molecule has 20 nitrogen and oxygen atoms in total. The molecule has 0 bridgehead atoms. The molecule has 0 aromatic heterocycles. The Bertz CT molecular complexity index is 3440. The number of aliphatic hydroxyl groups is 1. The summed E-state index contributed by atoms with van der Waals surface area (Å²) in [6, 6.07) is 27.1. The largest absolute Gasteiger partial charge is 0.417 e. The molecule has 3 saturated heterocycles. The van der Waals surface area contributed by atoms with E-state index >= 15 is 0 Å². The Morgan fingerprint density at radius 3 is 1.19 bits per heavy atom. The number of rotatable bonds is 16. The number of nitrogens with one attached hydrogen (secondary N) is 1. The van der Waals surface area contributed by atoms with Crippen LogP contribution in [-0.2, 0) is 32.1 Å². The van der Waals surface area contributed by atoms with Crippen molar-refractivity contribution in [2.24, 2.45) is 0 Å². The summed E-state index contributed by atoms with van der Waals surface area (Å²) in [6.45, 7) is 18.2. The van der Waals surface area contributed by atoms with Gasteiger partial charge in [-0.05, 0) is 247 Å². The van der Waals surface area contributed by atoms with Crippen molar-refractivity contribution in [3.63, 3.8) is 0 Å². The molecule has 3 fully saturated rings. The lowest BCUT2D eigenvalue weighted by Crippen LogP contribution is -2.41. The van der Waals surface area contributed by atoms with Gasteiger partial charge in [-0.25, -0.2) is 4.79 Å². The number of ether oxygens (including phenoxy) is 1. The van der Waals surface area contributed by atoms with E-state index in [-0.39, 0.29) is 34.5 Å². The van der Waals surface area contributed by atoms with E-state index in [1.165, 1.54) is 61.6 Å². The fourth-order valence-corrected chi connectivity index (χ4v) is 12.5. The Hall–Kier alpha value is -5.95. The van der Waals surface area contributed by atoms with E-state index in [0.29, 0.717) is 60.3 Å². The molecule has 4 N–H and O–H groups in total. The molecule has 3 aliphatic heterocycles. The zero-order chi connectivity index (χ0) is 69.7. The minimum absolute atomic E-state index is 0.0220. The summed E-state index contributed by atoms with van der Waals surface area (Å²) in [7, 11) is 12.9. The summed E-state index contributed by atoms with van der Waals surface area (Å²) >= 11 is 35.8. The smallest absolute Gasteiger partial charge is 0.410 e. The monoisotopic (exact) mass is 1410 g/mol. The van der Waals surface area contributed by atoms with Gasteiger partial charge >= 0.3 is 6.09 Å². The number of alkyl halides is 1. The molecule has 0 atom stereocenters. The number of likely N-dealkylation sites (tertiary alicyclic amines) is 3. The molecule has 26 heteroatoms. The number of hydrogen-bond donors (Lipinski definition) is 3. The Morgan fingerprint density at radius 1 is 0.511 bits per heavy atom. The molecular weight excluding hydrogens is 1330 g/mol. The van der Waals surface area contributed by atoms with Gasteiger partial charge in [0.15, 0.2) is 0 Å². The van der Waals surface area contributed by atoms with Crippen LogP contribution in [0.5, 0.6) is 5.75 Å². The number of nitro groups is 3. The number of aliphatic hydroxyl groups excluding tert-OH is 1. The number of benzene rings is 6. The summed E-state index contributed by atoms with van der Waals surface area (Å²) in [5, 5.41) is 46.0. The van der Waals surface area contributed by atoms with Gasteiger partial charge < -0.3 is 30.3 Å². The molecule has 0 spiro atoms. The van der Waals surface area contributed by atoms with E-state index in [1.807, 2.05) is 44.2 Å². The molecule has 9 rings (SSSR count). The molecule has 94 heavy (non-hydrogen) atoms. The molecule has 6 aromatic rings. The number of anilines is 2. The highest BCUT2D eigenvalue weighted by molar-refractivity contribution is 6.33. The van der Waals surface area contributed by atoms with Crippen LogP contribution in [0.15, 0.2) is 91.0 Å². The van der Waals surface area contributed by atoms with Crippen molar-refractivity contribution in [1.29, 1.82) is 0 Å². The predicted octanol–water partition coefficient (Wildman–Crippen LogP) is 16.0. The standard InChI is InChI=1S/C22H28ClN3O2.C15H22ClN3O2.C15H24ClN3.C8H7Cl2NO2.C8H8ClNO3/c1-16-17(15-26-11-9-19(10-12-26)25(2)3)13-18(14-21(16)23)24-22(27)28-20-7-5-4-6-8-20;1-11-12(8-14(19(20)21)9-15(11)16)10-18-6-4-13(5-7-18)17(2)3;1-11-12(8-13(17)9-15(11)16)10-19-6-4-14(5-7-19)18(2)3;1-5-6(4-9)2-7(11(12)13)3-8(5)10;1-5-6(4-11)2-7(10(12)13)3-8(5)9/h4-8,13-14,19H,9-12,15H2,1-3H3,(H,24,27);8-9,13H,4-7,10H2,1-3H3;8-9,14H,4-7,10,17H2,1-3H3;2-3H,4H2,1H3;2-3,11H,4H2,1H3. The molecule has 3 aliphatic rings. The molecule has 0 radical (unpaired) electrons. The molecular formula is C68H89Cl6N11O9. The highest BCUT2D eigenvalue weighted by Crippen LogP contribution is 2.32. The Labute approximate surface area is 583 Å². The van der Waals surface area contributed by atoms with Gasteiger partial charge in [-0.3, -0.25) is 50.4 Å².